The van der Waals surface area contributed by atoms with E-state index < -0.39 is 5.82 Å². The summed E-state index contributed by atoms with van der Waals surface area (Å²) in [6.07, 6.45) is 4.73. The highest BCUT2D eigenvalue weighted by Gasteiger charge is 2.27. The molecule has 1 fully saturated rings. The maximum absolute atomic E-state index is 15.6. The average Bonchev–Trinajstić information content (AvgIpc) is 3.26. The number of hydrogen-bond donors (Lipinski definition) is 2. The number of aromatic amines is 1. The molecule has 0 saturated carbocycles. The van der Waals surface area contributed by atoms with E-state index in [0.717, 1.165) is 32.4 Å². The van der Waals surface area contributed by atoms with Gasteiger partial charge in [0, 0.05) is 37.6 Å². The van der Waals surface area contributed by atoms with Crippen molar-refractivity contribution in [3.05, 3.63) is 62.9 Å². The summed E-state index contributed by atoms with van der Waals surface area (Å²) in [7, 11) is 1.69. The second-order valence-corrected chi connectivity index (χ2v) is 9.00. The lowest BCUT2D eigenvalue weighted by Gasteiger charge is -2.30. The van der Waals surface area contributed by atoms with Crippen LogP contribution >= 0.6 is 11.6 Å². The van der Waals surface area contributed by atoms with Crippen molar-refractivity contribution in [3.8, 4) is 28.5 Å². The van der Waals surface area contributed by atoms with Crippen molar-refractivity contribution in [3.63, 3.8) is 0 Å². The van der Waals surface area contributed by atoms with Crippen molar-refractivity contribution in [1.82, 2.24) is 20.0 Å². The molecule has 3 heterocycles. The number of halogens is 2. The lowest BCUT2D eigenvalue weighted by atomic mass is 9.94. The zero-order chi connectivity index (χ0) is 24.7. The van der Waals surface area contributed by atoms with Crippen molar-refractivity contribution in [2.75, 3.05) is 18.0 Å². The van der Waals surface area contributed by atoms with Crippen molar-refractivity contribution < 1.29 is 4.39 Å². The fraction of sp³-hybridized carbons (Fsp3) is 0.280. The zero-order valence-electron chi connectivity index (χ0n) is 19.1. The van der Waals surface area contributed by atoms with E-state index in [9.17, 15) is 10.1 Å². The van der Waals surface area contributed by atoms with E-state index in [1.807, 2.05) is 0 Å². The van der Waals surface area contributed by atoms with Crippen LogP contribution in [0.2, 0.25) is 5.02 Å². The topological polar surface area (TPSA) is 117 Å². The van der Waals surface area contributed by atoms with Crippen LogP contribution in [-0.2, 0) is 13.6 Å². The normalized spacial score (nSPS) is 13.9. The van der Waals surface area contributed by atoms with Crippen LogP contribution in [0.15, 0.2) is 35.3 Å². The van der Waals surface area contributed by atoms with E-state index in [0.29, 0.717) is 39.0 Å². The summed E-state index contributed by atoms with van der Waals surface area (Å²) >= 11 is 6.37. The first kappa shape index (κ1) is 23.0. The van der Waals surface area contributed by atoms with Crippen molar-refractivity contribution >= 4 is 28.1 Å². The molecule has 1 aliphatic rings. The van der Waals surface area contributed by atoms with Gasteiger partial charge in [-0.1, -0.05) is 17.7 Å². The van der Waals surface area contributed by atoms with Crippen LogP contribution in [0.4, 0.5) is 10.1 Å². The third kappa shape index (κ3) is 3.85. The maximum Gasteiger partial charge on any atom is 0.272 e. The Kier molecular flexibility index (Phi) is 6.01. The van der Waals surface area contributed by atoms with Gasteiger partial charge in [0.15, 0.2) is 5.82 Å². The Balaban J connectivity index is 1.76. The molecule has 0 atom stereocenters. The molecule has 0 unspecified atom stereocenters. The number of hydrogen-bond acceptors (Lipinski definition) is 6. The largest absolute Gasteiger partial charge is 0.370 e. The van der Waals surface area contributed by atoms with Crippen LogP contribution < -0.4 is 16.2 Å². The Labute approximate surface area is 205 Å². The monoisotopic (exact) mass is 491 g/mol. The highest BCUT2D eigenvalue weighted by atomic mass is 35.5. The molecule has 10 heteroatoms. The van der Waals surface area contributed by atoms with Crippen LogP contribution in [0.3, 0.4) is 0 Å². The number of nitrogens with zero attached hydrogens (tertiary/aromatic N) is 5. The van der Waals surface area contributed by atoms with Gasteiger partial charge in [-0.2, -0.15) is 15.5 Å². The second kappa shape index (κ2) is 9.13. The van der Waals surface area contributed by atoms with E-state index in [-0.39, 0.29) is 28.3 Å². The molecular weight excluding hydrogens is 469 g/mol. The fourth-order valence-electron chi connectivity index (χ4n) is 4.82. The van der Waals surface area contributed by atoms with Gasteiger partial charge in [-0.3, -0.25) is 9.48 Å². The molecule has 0 amide bonds. The highest BCUT2D eigenvalue weighted by molar-refractivity contribution is 6.31. The SMILES string of the molecule is Cn1ncc(-c2ccc3c(=O)[nH]nc(CN)c3c2)c1-c1c(F)c(Cl)cc(N2CCCCC2)c1C#N. The van der Waals surface area contributed by atoms with Crippen LogP contribution in [-0.4, -0.2) is 33.1 Å². The number of nitriles is 1. The number of piperidine rings is 1. The minimum Gasteiger partial charge on any atom is -0.370 e. The van der Waals surface area contributed by atoms with E-state index in [1.54, 1.807) is 37.5 Å². The van der Waals surface area contributed by atoms with Crippen molar-refractivity contribution in [2.24, 2.45) is 12.8 Å². The van der Waals surface area contributed by atoms with Gasteiger partial charge in [-0.15, -0.1) is 0 Å². The Morgan fingerprint density at radius 3 is 2.71 bits per heavy atom. The molecular formula is C25H23ClFN7O. The number of benzene rings is 2. The fourth-order valence-corrected chi connectivity index (χ4v) is 5.02. The van der Waals surface area contributed by atoms with E-state index >= 15 is 4.39 Å². The van der Waals surface area contributed by atoms with Gasteiger partial charge in [-0.05, 0) is 43.0 Å². The van der Waals surface area contributed by atoms with Crippen LogP contribution in [0.5, 0.6) is 0 Å². The molecule has 35 heavy (non-hydrogen) atoms. The molecule has 1 saturated heterocycles. The van der Waals surface area contributed by atoms with Crippen LogP contribution in [0.25, 0.3) is 33.2 Å². The number of nitrogens with one attached hydrogen (secondary N) is 1. The molecule has 2 aromatic heterocycles. The molecule has 3 N–H and O–H groups in total. The van der Waals surface area contributed by atoms with Gasteiger partial charge >= 0.3 is 0 Å². The quantitative estimate of drug-likeness (QED) is 0.444. The lowest BCUT2D eigenvalue weighted by molar-refractivity contribution is 0.576. The molecule has 178 valence electrons. The summed E-state index contributed by atoms with van der Waals surface area (Å²) in [6.45, 7) is 1.70. The van der Waals surface area contributed by atoms with Crippen LogP contribution in [0, 0.1) is 17.1 Å². The summed E-state index contributed by atoms with van der Waals surface area (Å²) in [6, 6.07) is 9.00. The Morgan fingerprint density at radius 2 is 2.00 bits per heavy atom. The second-order valence-electron chi connectivity index (χ2n) is 8.60. The number of nitrogens with two attached hydrogens (primary N) is 1. The molecule has 4 aromatic rings. The Hall–Kier alpha value is -3.74. The summed E-state index contributed by atoms with van der Waals surface area (Å²) in [5.41, 5.74) is 8.71. The number of aromatic nitrogens is 4. The first-order chi connectivity index (χ1) is 16.9. The van der Waals surface area contributed by atoms with Gasteiger partial charge in [0.2, 0.25) is 0 Å². The summed E-state index contributed by atoms with van der Waals surface area (Å²) in [5.74, 6) is -0.671. The Morgan fingerprint density at radius 1 is 1.23 bits per heavy atom. The van der Waals surface area contributed by atoms with E-state index in [2.05, 4.69) is 26.3 Å². The van der Waals surface area contributed by atoms with Gasteiger partial charge in [0.1, 0.15) is 6.07 Å². The number of H-pyrrole nitrogens is 1. The van der Waals surface area contributed by atoms with Gasteiger partial charge in [-0.25, -0.2) is 9.49 Å². The molecule has 0 spiro atoms. The Bertz CT molecular complexity index is 1550. The first-order valence-corrected chi connectivity index (χ1v) is 11.7. The molecule has 1 aliphatic heterocycles. The number of aryl methyl sites for hydroxylation is 1. The van der Waals surface area contributed by atoms with E-state index in [4.69, 9.17) is 17.3 Å². The molecule has 0 radical (unpaired) electrons. The minimum atomic E-state index is -0.671. The summed E-state index contributed by atoms with van der Waals surface area (Å²) in [5, 5.41) is 22.0. The number of rotatable bonds is 4. The average molecular weight is 492 g/mol. The third-order valence-electron chi connectivity index (χ3n) is 6.55. The highest BCUT2D eigenvalue weighted by Crippen LogP contribution is 2.42. The van der Waals surface area contributed by atoms with Gasteiger partial charge in [0.05, 0.1) is 44.8 Å². The van der Waals surface area contributed by atoms with Crippen molar-refractivity contribution in [2.45, 2.75) is 25.8 Å². The summed E-state index contributed by atoms with van der Waals surface area (Å²) < 4.78 is 17.2. The molecule has 2 aromatic carbocycles. The predicted octanol–water partition coefficient (Wildman–Crippen LogP) is 4.10. The number of fused-ring (bicyclic) bond motifs is 1. The van der Waals surface area contributed by atoms with E-state index in [1.165, 1.54) is 4.68 Å². The van der Waals surface area contributed by atoms with Gasteiger partial charge < -0.3 is 10.6 Å². The zero-order valence-corrected chi connectivity index (χ0v) is 19.9. The minimum absolute atomic E-state index is 0.0496. The molecule has 0 aliphatic carbocycles. The first-order valence-electron chi connectivity index (χ1n) is 11.4. The molecule has 5 rings (SSSR count). The van der Waals surface area contributed by atoms with Crippen LogP contribution in [0.1, 0.15) is 30.5 Å². The number of anilines is 1. The molecule has 8 nitrogen and oxygen atoms in total. The van der Waals surface area contributed by atoms with Crippen molar-refractivity contribution in [1.29, 1.82) is 5.26 Å². The third-order valence-corrected chi connectivity index (χ3v) is 6.83. The lowest BCUT2D eigenvalue weighted by Crippen LogP contribution is -2.30. The standard InChI is InChI=1S/C25H23ClFN7O/c1-33-24(22-17(11-28)21(10-19(26)23(22)27)34-7-3-2-4-8-34)18(13-30-33)14-5-6-15-16(9-14)20(12-29)31-32-25(15)35/h5-6,9-10,13H,2-4,7-8,12,29H2,1H3,(H,32,35). The maximum atomic E-state index is 15.6. The van der Waals surface area contributed by atoms with Gasteiger partial charge in [0.25, 0.3) is 5.56 Å². The predicted molar refractivity (Wildman–Crippen MR) is 134 cm³/mol. The smallest absolute Gasteiger partial charge is 0.272 e. The summed E-state index contributed by atoms with van der Waals surface area (Å²) in [4.78, 5) is 14.4. The molecule has 0 bridgehead atoms.